The van der Waals surface area contributed by atoms with Crippen LogP contribution >= 0.6 is 0 Å². The molecule has 0 saturated carbocycles. The predicted octanol–water partition coefficient (Wildman–Crippen LogP) is 4.89. The van der Waals surface area contributed by atoms with Gasteiger partial charge in [0, 0.05) is 25.5 Å². The monoisotopic (exact) mass is 367 g/mol. The number of benzene rings is 2. The van der Waals surface area contributed by atoms with Crippen LogP contribution in [0.1, 0.15) is 65.7 Å². The Labute approximate surface area is 160 Å². The third kappa shape index (κ3) is 4.62. The van der Waals surface area contributed by atoms with Crippen molar-refractivity contribution >= 4 is 11.7 Å². The first-order valence-electron chi connectivity index (χ1n) is 9.62. The molecule has 0 fully saturated rings. The first kappa shape index (κ1) is 19.3. The van der Waals surface area contributed by atoms with Gasteiger partial charge >= 0.3 is 0 Å². The molecular formula is C23H26FNO2. The van der Waals surface area contributed by atoms with Crippen molar-refractivity contribution in [2.24, 2.45) is 0 Å². The average Bonchev–Trinajstić information content (AvgIpc) is 2.70. The molecule has 0 saturated heterocycles. The predicted molar refractivity (Wildman–Crippen MR) is 104 cm³/mol. The lowest BCUT2D eigenvalue weighted by atomic mass is 9.89. The highest BCUT2D eigenvalue weighted by Crippen LogP contribution is 2.24. The van der Waals surface area contributed by atoms with E-state index in [4.69, 9.17) is 0 Å². The first-order chi connectivity index (χ1) is 13.0. The van der Waals surface area contributed by atoms with Gasteiger partial charge in [-0.25, -0.2) is 4.39 Å². The second-order valence-corrected chi connectivity index (χ2v) is 7.35. The van der Waals surface area contributed by atoms with Crippen LogP contribution < -0.4 is 0 Å². The summed E-state index contributed by atoms with van der Waals surface area (Å²) in [6.07, 6.45) is 4.90. The van der Waals surface area contributed by atoms with Crippen LogP contribution in [0.5, 0.6) is 0 Å². The Bertz CT molecular complexity index is 829. The normalized spacial score (nSPS) is 14.3. The molecule has 1 unspecified atom stereocenters. The molecule has 0 aliphatic heterocycles. The highest BCUT2D eigenvalue weighted by Gasteiger charge is 2.19. The maximum atomic E-state index is 13.1. The standard InChI is InChI=1S/C23H26FNO2/c1-16(17-9-11-21(24)12-10-17)25(2)23(27)14-13-22(26)20-8-7-18-5-3-4-6-19(18)15-20/h7-12,15-16H,3-6,13-14H2,1-2H3. The molecule has 0 radical (unpaired) electrons. The number of aryl methyl sites for hydroxylation is 2. The number of nitrogens with zero attached hydrogens (tertiary/aromatic N) is 1. The fourth-order valence-electron chi connectivity index (χ4n) is 3.63. The second-order valence-electron chi connectivity index (χ2n) is 7.35. The summed E-state index contributed by atoms with van der Waals surface area (Å²) in [5.41, 5.74) is 4.20. The fraction of sp³-hybridized carbons (Fsp3) is 0.391. The molecule has 1 aliphatic rings. The summed E-state index contributed by atoms with van der Waals surface area (Å²) in [7, 11) is 1.72. The van der Waals surface area contributed by atoms with Crippen molar-refractivity contribution in [1.82, 2.24) is 4.90 Å². The van der Waals surface area contributed by atoms with E-state index in [0.29, 0.717) is 5.56 Å². The molecule has 3 nitrogen and oxygen atoms in total. The smallest absolute Gasteiger partial charge is 0.223 e. The molecule has 27 heavy (non-hydrogen) atoms. The van der Waals surface area contributed by atoms with Crippen molar-refractivity contribution in [3.8, 4) is 0 Å². The summed E-state index contributed by atoms with van der Waals surface area (Å²) < 4.78 is 13.1. The molecule has 2 aromatic rings. The molecule has 0 heterocycles. The Morgan fingerprint density at radius 1 is 1.00 bits per heavy atom. The van der Waals surface area contributed by atoms with Crippen molar-refractivity contribution in [2.75, 3.05) is 7.05 Å². The molecule has 1 amide bonds. The van der Waals surface area contributed by atoms with Crippen molar-refractivity contribution in [3.63, 3.8) is 0 Å². The summed E-state index contributed by atoms with van der Waals surface area (Å²) in [4.78, 5) is 26.6. The van der Waals surface area contributed by atoms with Gasteiger partial charge < -0.3 is 4.90 Å². The van der Waals surface area contributed by atoms with Gasteiger partial charge in [-0.05, 0) is 67.5 Å². The number of carbonyl (C=O) groups is 2. The number of hydrogen-bond acceptors (Lipinski definition) is 2. The topological polar surface area (TPSA) is 37.4 Å². The summed E-state index contributed by atoms with van der Waals surface area (Å²) in [5, 5.41) is 0. The molecule has 1 atom stereocenters. The van der Waals surface area contributed by atoms with E-state index in [1.165, 1.54) is 36.1 Å². The number of carbonyl (C=O) groups excluding carboxylic acids is 2. The number of halogens is 1. The SMILES string of the molecule is CC(c1ccc(F)cc1)N(C)C(=O)CCC(=O)c1ccc2c(c1)CCCC2. The van der Waals surface area contributed by atoms with Gasteiger partial charge in [-0.1, -0.05) is 24.3 Å². The van der Waals surface area contributed by atoms with Crippen molar-refractivity contribution in [3.05, 3.63) is 70.5 Å². The molecule has 1 aliphatic carbocycles. The number of amides is 1. The first-order valence-corrected chi connectivity index (χ1v) is 9.62. The van der Waals surface area contributed by atoms with Crippen molar-refractivity contribution in [2.45, 2.75) is 51.5 Å². The van der Waals surface area contributed by atoms with Gasteiger partial charge in [0.2, 0.25) is 5.91 Å². The van der Waals surface area contributed by atoms with E-state index in [2.05, 4.69) is 6.07 Å². The molecule has 0 N–H and O–H groups in total. The minimum absolute atomic E-state index is 0.0135. The Morgan fingerprint density at radius 2 is 1.67 bits per heavy atom. The Kier molecular flexibility index (Phi) is 6.04. The van der Waals surface area contributed by atoms with Crippen LogP contribution in [0.4, 0.5) is 4.39 Å². The van der Waals surface area contributed by atoms with E-state index >= 15 is 0 Å². The Hall–Kier alpha value is -2.49. The molecular weight excluding hydrogens is 341 g/mol. The number of Topliss-reactive ketones (excluding diaryl/α,β-unsaturated/α-hetero) is 1. The second kappa shape index (κ2) is 8.47. The van der Waals surface area contributed by atoms with Crippen LogP contribution in [0, 0.1) is 5.82 Å². The van der Waals surface area contributed by atoms with Gasteiger partial charge in [-0.15, -0.1) is 0 Å². The van der Waals surface area contributed by atoms with E-state index in [0.717, 1.165) is 18.4 Å². The number of hydrogen-bond donors (Lipinski definition) is 0. The van der Waals surface area contributed by atoms with Crippen LogP contribution in [0.25, 0.3) is 0 Å². The number of rotatable bonds is 6. The summed E-state index contributed by atoms with van der Waals surface area (Å²) in [6.45, 7) is 1.90. The van der Waals surface area contributed by atoms with Gasteiger partial charge in [-0.2, -0.15) is 0 Å². The zero-order valence-electron chi connectivity index (χ0n) is 16.0. The lowest BCUT2D eigenvalue weighted by molar-refractivity contribution is -0.131. The highest BCUT2D eigenvalue weighted by atomic mass is 19.1. The van der Waals surface area contributed by atoms with E-state index in [-0.39, 0.29) is 36.4 Å². The Balaban J connectivity index is 1.57. The van der Waals surface area contributed by atoms with E-state index in [1.807, 2.05) is 19.1 Å². The number of ketones is 1. The lowest BCUT2D eigenvalue weighted by Crippen LogP contribution is -2.29. The minimum atomic E-state index is -0.296. The van der Waals surface area contributed by atoms with Gasteiger partial charge in [-0.3, -0.25) is 9.59 Å². The molecule has 142 valence electrons. The third-order valence-corrected chi connectivity index (χ3v) is 5.56. The molecule has 2 aromatic carbocycles. The van der Waals surface area contributed by atoms with E-state index in [9.17, 15) is 14.0 Å². The molecule has 4 heteroatoms. The van der Waals surface area contributed by atoms with Gasteiger partial charge in [0.25, 0.3) is 0 Å². The third-order valence-electron chi connectivity index (χ3n) is 5.56. The molecule has 0 spiro atoms. The summed E-state index contributed by atoms with van der Waals surface area (Å²) >= 11 is 0. The maximum Gasteiger partial charge on any atom is 0.223 e. The molecule has 0 aromatic heterocycles. The molecule has 0 bridgehead atoms. The zero-order chi connectivity index (χ0) is 19.4. The molecule has 3 rings (SSSR count). The van der Waals surface area contributed by atoms with Crippen molar-refractivity contribution < 1.29 is 14.0 Å². The number of fused-ring (bicyclic) bond motifs is 1. The van der Waals surface area contributed by atoms with Gasteiger partial charge in [0.1, 0.15) is 5.82 Å². The summed E-state index contributed by atoms with van der Waals surface area (Å²) in [5.74, 6) is -0.367. The van der Waals surface area contributed by atoms with Gasteiger partial charge in [0.05, 0.1) is 6.04 Å². The largest absolute Gasteiger partial charge is 0.339 e. The van der Waals surface area contributed by atoms with Gasteiger partial charge in [0.15, 0.2) is 5.78 Å². The van der Waals surface area contributed by atoms with E-state index < -0.39 is 0 Å². The quantitative estimate of drug-likeness (QED) is 0.682. The van der Waals surface area contributed by atoms with E-state index in [1.54, 1.807) is 24.1 Å². The van der Waals surface area contributed by atoms with Crippen molar-refractivity contribution in [1.29, 1.82) is 0 Å². The maximum absolute atomic E-state index is 13.1. The minimum Gasteiger partial charge on any atom is -0.339 e. The van der Waals surface area contributed by atoms with Crippen LogP contribution in [-0.4, -0.2) is 23.6 Å². The zero-order valence-corrected chi connectivity index (χ0v) is 16.0. The lowest BCUT2D eigenvalue weighted by Gasteiger charge is -2.25. The fourth-order valence-corrected chi connectivity index (χ4v) is 3.63. The van der Waals surface area contributed by atoms with Crippen LogP contribution in [0.3, 0.4) is 0 Å². The van der Waals surface area contributed by atoms with Crippen LogP contribution in [0.2, 0.25) is 0 Å². The van der Waals surface area contributed by atoms with Crippen LogP contribution in [-0.2, 0) is 17.6 Å². The Morgan fingerprint density at radius 3 is 2.37 bits per heavy atom. The highest BCUT2D eigenvalue weighted by molar-refractivity contribution is 5.98. The summed E-state index contributed by atoms with van der Waals surface area (Å²) in [6, 6.07) is 11.9. The average molecular weight is 367 g/mol. The van der Waals surface area contributed by atoms with Crippen LogP contribution in [0.15, 0.2) is 42.5 Å².